The molecule has 2 aromatic carbocycles. The van der Waals surface area contributed by atoms with Crippen LogP contribution in [-0.4, -0.2) is 43.0 Å². The Bertz CT molecular complexity index is 802. The van der Waals surface area contributed by atoms with E-state index in [1.165, 1.54) is 0 Å². The minimum absolute atomic E-state index is 0.0484. The molecule has 1 amide bonds. The van der Waals surface area contributed by atoms with Gasteiger partial charge in [0.1, 0.15) is 12.4 Å². The van der Waals surface area contributed by atoms with Crippen LogP contribution in [0, 0.1) is 5.92 Å². The normalized spacial score (nSPS) is 14.9. The van der Waals surface area contributed by atoms with E-state index in [2.05, 4.69) is 10.2 Å². The van der Waals surface area contributed by atoms with Crippen LogP contribution in [0.15, 0.2) is 54.6 Å². The number of ether oxygens (including phenoxy) is 2. The maximum absolute atomic E-state index is 12.4. The Hall–Kier alpha value is -2.86. The Morgan fingerprint density at radius 1 is 1.07 bits per heavy atom. The number of esters is 1. The summed E-state index contributed by atoms with van der Waals surface area (Å²) in [5.74, 6) is 0.471. The van der Waals surface area contributed by atoms with Crippen LogP contribution in [0.25, 0.3) is 0 Å². The molecule has 0 atom stereocenters. The zero-order valence-electron chi connectivity index (χ0n) is 16.8. The molecule has 1 fully saturated rings. The fourth-order valence-corrected chi connectivity index (χ4v) is 3.40. The lowest BCUT2D eigenvalue weighted by Crippen LogP contribution is -2.41. The summed E-state index contributed by atoms with van der Waals surface area (Å²) in [6.07, 6.45) is 1.46. The Kier molecular flexibility index (Phi) is 7.64. The second kappa shape index (κ2) is 10.6. The van der Waals surface area contributed by atoms with Crippen molar-refractivity contribution in [3.63, 3.8) is 0 Å². The van der Waals surface area contributed by atoms with Gasteiger partial charge >= 0.3 is 5.97 Å². The summed E-state index contributed by atoms with van der Waals surface area (Å²) in [4.78, 5) is 26.3. The first-order valence-electron chi connectivity index (χ1n) is 10.1. The van der Waals surface area contributed by atoms with Crippen molar-refractivity contribution in [2.45, 2.75) is 26.4 Å². The fraction of sp³-hybridized carbons (Fsp3) is 0.391. The molecule has 0 saturated carbocycles. The third-order valence-electron chi connectivity index (χ3n) is 4.94. The molecule has 0 bridgehead atoms. The number of nitrogens with zero attached hydrogens (tertiary/aromatic N) is 1. The number of hydrogen-bond acceptors (Lipinski definition) is 5. The molecule has 1 aliphatic rings. The maximum atomic E-state index is 12.4. The van der Waals surface area contributed by atoms with E-state index in [1.807, 2.05) is 61.5 Å². The Labute approximate surface area is 171 Å². The third-order valence-corrected chi connectivity index (χ3v) is 4.94. The molecule has 29 heavy (non-hydrogen) atoms. The molecule has 1 aliphatic heterocycles. The lowest BCUT2D eigenvalue weighted by molar-refractivity contribution is -0.149. The van der Waals surface area contributed by atoms with Crippen LogP contribution >= 0.6 is 0 Å². The fourth-order valence-electron chi connectivity index (χ4n) is 3.40. The number of benzene rings is 2. The van der Waals surface area contributed by atoms with Crippen molar-refractivity contribution in [3.8, 4) is 5.75 Å². The standard InChI is InChI=1S/C23H28N2O4/c1-2-28-23(27)19-11-13-25(14-12-19)16-22(26)24-20-9-6-10-21(15-20)29-17-18-7-4-3-5-8-18/h3-10,15,19H,2,11-14,16-17H2,1H3,(H,24,26). The molecule has 0 aromatic heterocycles. The summed E-state index contributed by atoms with van der Waals surface area (Å²) < 4.78 is 10.9. The van der Waals surface area contributed by atoms with Gasteiger partial charge in [0, 0.05) is 11.8 Å². The van der Waals surface area contributed by atoms with Crippen molar-refractivity contribution in [2.75, 3.05) is 31.6 Å². The molecule has 6 heteroatoms. The van der Waals surface area contributed by atoms with Gasteiger partial charge in [0.25, 0.3) is 0 Å². The highest BCUT2D eigenvalue weighted by Crippen LogP contribution is 2.20. The van der Waals surface area contributed by atoms with Crippen LogP contribution in [0.1, 0.15) is 25.3 Å². The SMILES string of the molecule is CCOC(=O)C1CCN(CC(=O)Nc2cccc(OCc3ccccc3)c2)CC1. The number of rotatable bonds is 8. The smallest absolute Gasteiger partial charge is 0.309 e. The van der Waals surface area contributed by atoms with Crippen LogP contribution in [-0.2, 0) is 20.9 Å². The van der Waals surface area contributed by atoms with Crippen molar-refractivity contribution in [3.05, 3.63) is 60.2 Å². The first kappa shape index (κ1) is 20.9. The number of amides is 1. The second-order valence-electron chi connectivity index (χ2n) is 7.15. The van der Waals surface area contributed by atoms with Gasteiger partial charge in [0.15, 0.2) is 0 Å². The molecule has 6 nitrogen and oxygen atoms in total. The summed E-state index contributed by atoms with van der Waals surface area (Å²) in [6.45, 7) is 4.46. The van der Waals surface area contributed by atoms with E-state index in [1.54, 1.807) is 0 Å². The van der Waals surface area contributed by atoms with E-state index >= 15 is 0 Å². The van der Waals surface area contributed by atoms with Crippen molar-refractivity contribution in [2.24, 2.45) is 5.92 Å². The molecule has 1 heterocycles. The molecule has 0 aliphatic carbocycles. The van der Waals surface area contributed by atoms with Crippen molar-refractivity contribution in [1.82, 2.24) is 4.90 Å². The number of nitrogens with one attached hydrogen (secondary N) is 1. The first-order chi connectivity index (χ1) is 14.1. The molecular weight excluding hydrogens is 368 g/mol. The molecule has 1 saturated heterocycles. The lowest BCUT2D eigenvalue weighted by Gasteiger charge is -2.30. The Balaban J connectivity index is 1.44. The van der Waals surface area contributed by atoms with Crippen molar-refractivity contribution in [1.29, 1.82) is 0 Å². The van der Waals surface area contributed by atoms with E-state index < -0.39 is 0 Å². The third kappa shape index (κ3) is 6.61. The van der Waals surface area contributed by atoms with E-state index in [0.29, 0.717) is 31.2 Å². The highest BCUT2D eigenvalue weighted by molar-refractivity contribution is 5.92. The topological polar surface area (TPSA) is 67.9 Å². The van der Waals surface area contributed by atoms with E-state index in [9.17, 15) is 9.59 Å². The minimum Gasteiger partial charge on any atom is -0.489 e. The average molecular weight is 396 g/mol. The van der Waals surface area contributed by atoms with Gasteiger partial charge in [-0.1, -0.05) is 36.4 Å². The summed E-state index contributed by atoms with van der Waals surface area (Å²) >= 11 is 0. The number of anilines is 1. The van der Waals surface area contributed by atoms with E-state index in [4.69, 9.17) is 9.47 Å². The van der Waals surface area contributed by atoms with Crippen LogP contribution in [0.4, 0.5) is 5.69 Å². The van der Waals surface area contributed by atoms with Gasteiger partial charge in [-0.15, -0.1) is 0 Å². The van der Waals surface area contributed by atoms with Gasteiger partial charge in [0.05, 0.1) is 19.1 Å². The number of carbonyl (C=O) groups excluding carboxylic acids is 2. The highest BCUT2D eigenvalue weighted by atomic mass is 16.5. The van der Waals surface area contributed by atoms with Crippen LogP contribution < -0.4 is 10.1 Å². The molecule has 1 N–H and O–H groups in total. The van der Waals surface area contributed by atoms with Gasteiger partial charge in [-0.2, -0.15) is 0 Å². The zero-order valence-corrected chi connectivity index (χ0v) is 16.8. The zero-order chi connectivity index (χ0) is 20.5. The van der Waals surface area contributed by atoms with Crippen LogP contribution in [0.5, 0.6) is 5.75 Å². The highest BCUT2D eigenvalue weighted by Gasteiger charge is 2.26. The van der Waals surface area contributed by atoms with Gasteiger partial charge in [-0.25, -0.2) is 0 Å². The largest absolute Gasteiger partial charge is 0.489 e. The molecule has 154 valence electrons. The van der Waals surface area contributed by atoms with Gasteiger partial charge in [0.2, 0.25) is 5.91 Å². The number of carbonyl (C=O) groups is 2. The molecule has 2 aromatic rings. The first-order valence-corrected chi connectivity index (χ1v) is 10.1. The molecular formula is C23H28N2O4. The van der Waals surface area contributed by atoms with Gasteiger partial charge in [-0.3, -0.25) is 14.5 Å². The van der Waals surface area contributed by atoms with Gasteiger partial charge in [-0.05, 0) is 50.6 Å². The molecule has 0 spiro atoms. The quantitative estimate of drug-likeness (QED) is 0.692. The summed E-state index contributed by atoms with van der Waals surface area (Å²) in [5.41, 5.74) is 1.80. The average Bonchev–Trinajstić information content (AvgIpc) is 2.74. The van der Waals surface area contributed by atoms with Crippen LogP contribution in [0.3, 0.4) is 0 Å². The number of hydrogen-bond donors (Lipinski definition) is 1. The van der Waals surface area contributed by atoms with E-state index in [-0.39, 0.29) is 17.8 Å². The van der Waals surface area contributed by atoms with Crippen molar-refractivity contribution < 1.29 is 19.1 Å². The van der Waals surface area contributed by atoms with Crippen molar-refractivity contribution >= 4 is 17.6 Å². The molecule has 0 unspecified atom stereocenters. The monoisotopic (exact) mass is 396 g/mol. The van der Waals surface area contributed by atoms with Crippen LogP contribution in [0.2, 0.25) is 0 Å². The maximum Gasteiger partial charge on any atom is 0.309 e. The van der Waals surface area contributed by atoms with Gasteiger partial charge < -0.3 is 14.8 Å². The second-order valence-corrected chi connectivity index (χ2v) is 7.15. The number of likely N-dealkylation sites (tertiary alicyclic amines) is 1. The summed E-state index contributed by atoms with van der Waals surface area (Å²) in [6, 6.07) is 17.4. The Morgan fingerprint density at radius 3 is 2.55 bits per heavy atom. The molecule has 3 rings (SSSR count). The lowest BCUT2D eigenvalue weighted by atomic mass is 9.97. The van der Waals surface area contributed by atoms with E-state index in [0.717, 1.165) is 31.5 Å². The minimum atomic E-state index is -0.121. The summed E-state index contributed by atoms with van der Waals surface area (Å²) in [5, 5.41) is 2.93. The molecule has 0 radical (unpaired) electrons. The Morgan fingerprint density at radius 2 is 1.83 bits per heavy atom. The number of piperidine rings is 1. The predicted octanol–water partition coefficient (Wildman–Crippen LogP) is 3.48. The predicted molar refractivity (Wildman–Crippen MR) is 112 cm³/mol. The summed E-state index contributed by atoms with van der Waals surface area (Å²) in [7, 11) is 0.